The number of carboxylic acid groups (broad SMARTS) is 1. The van der Waals surface area contributed by atoms with Gasteiger partial charge in [0.15, 0.2) is 0 Å². The van der Waals surface area contributed by atoms with Crippen molar-refractivity contribution in [2.24, 2.45) is 0 Å². The summed E-state index contributed by atoms with van der Waals surface area (Å²) in [6, 6.07) is 13.9. The Morgan fingerprint density at radius 3 is 2.27 bits per heavy atom. The zero-order chi connectivity index (χ0) is 27.1. The van der Waals surface area contributed by atoms with Gasteiger partial charge in [-0.05, 0) is 42.5 Å². The molecular weight excluding hydrogens is 528 g/mol. The molecule has 3 aromatic rings. The highest BCUT2D eigenvalue weighted by Gasteiger charge is 2.32. The summed E-state index contributed by atoms with van der Waals surface area (Å²) in [7, 11) is 0. The molecule has 6 rings (SSSR count). The van der Waals surface area contributed by atoms with Crippen molar-refractivity contribution in [3.8, 4) is 11.3 Å². The first-order valence-corrected chi connectivity index (χ1v) is 14.2. The van der Waals surface area contributed by atoms with E-state index < -0.39 is 5.97 Å². The van der Waals surface area contributed by atoms with Gasteiger partial charge >= 0.3 is 5.97 Å². The average Bonchev–Trinajstić information content (AvgIpc) is 3.20. The van der Waals surface area contributed by atoms with Crippen LogP contribution in [0.5, 0.6) is 0 Å². The molecule has 0 bridgehead atoms. The number of piperazine rings is 1. The van der Waals surface area contributed by atoms with E-state index in [0.717, 1.165) is 35.0 Å². The summed E-state index contributed by atoms with van der Waals surface area (Å²) in [6.07, 6.45) is 5.97. The number of fused-ring (bicyclic) bond motifs is 5. The Morgan fingerprint density at radius 1 is 0.875 bits per heavy atom. The predicted octanol–water partition coefficient (Wildman–Crippen LogP) is 4.99. The van der Waals surface area contributed by atoms with Crippen molar-refractivity contribution < 1.29 is 19.5 Å². The van der Waals surface area contributed by atoms with Crippen LogP contribution in [0.3, 0.4) is 0 Å². The quantitative estimate of drug-likeness (QED) is 0.483. The van der Waals surface area contributed by atoms with Crippen molar-refractivity contribution in [2.45, 2.75) is 51.5 Å². The molecule has 1 aliphatic carbocycles. The van der Waals surface area contributed by atoms with Crippen molar-refractivity contribution in [1.29, 1.82) is 0 Å². The van der Waals surface area contributed by atoms with E-state index in [0.29, 0.717) is 50.7 Å². The predicted molar refractivity (Wildman–Crippen MR) is 158 cm³/mol. The van der Waals surface area contributed by atoms with Crippen LogP contribution in [0.15, 0.2) is 42.5 Å². The summed E-state index contributed by atoms with van der Waals surface area (Å²) in [4.78, 5) is 42.9. The number of carbonyl (C=O) groups excluding carboxylic acids is 2. The summed E-state index contributed by atoms with van der Waals surface area (Å²) in [5, 5.41) is 10.9. The smallest absolute Gasteiger partial charge is 0.335 e. The number of carbonyl (C=O) groups is 3. The van der Waals surface area contributed by atoms with Gasteiger partial charge in [0.05, 0.1) is 17.8 Å². The number of benzene rings is 2. The Balaban J connectivity index is 0.00000323. The van der Waals surface area contributed by atoms with Gasteiger partial charge in [0.1, 0.15) is 0 Å². The van der Waals surface area contributed by atoms with Crippen LogP contribution in [0.1, 0.15) is 60.9 Å². The van der Waals surface area contributed by atoms with E-state index in [1.807, 2.05) is 23.1 Å². The van der Waals surface area contributed by atoms with Crippen LogP contribution >= 0.6 is 12.4 Å². The first-order chi connectivity index (χ1) is 18.9. The molecule has 1 saturated heterocycles. The highest BCUT2D eigenvalue weighted by Crippen LogP contribution is 2.47. The number of nitrogens with zero attached hydrogens (tertiary/aromatic N) is 4. The minimum atomic E-state index is -0.919. The molecule has 2 fully saturated rings. The maximum Gasteiger partial charge on any atom is 0.335 e. The lowest BCUT2D eigenvalue weighted by Gasteiger charge is -2.35. The van der Waals surface area contributed by atoms with Crippen molar-refractivity contribution >= 4 is 46.8 Å². The molecule has 2 amide bonds. The molecule has 40 heavy (non-hydrogen) atoms. The monoisotopic (exact) mass is 564 g/mol. The second kappa shape index (κ2) is 11.5. The maximum atomic E-state index is 13.4. The minimum absolute atomic E-state index is 0. The third-order valence-corrected chi connectivity index (χ3v) is 8.86. The second-order valence-corrected chi connectivity index (χ2v) is 11.1. The average molecular weight is 565 g/mol. The molecule has 0 unspecified atom stereocenters. The molecule has 8 nitrogen and oxygen atoms in total. The fraction of sp³-hybridized carbons (Fsp3) is 0.452. The van der Waals surface area contributed by atoms with E-state index in [9.17, 15) is 19.5 Å². The number of para-hydroxylation sites is 1. The Hall–Kier alpha value is -3.52. The molecule has 3 heterocycles. The van der Waals surface area contributed by atoms with Gasteiger partial charge in [0.25, 0.3) is 0 Å². The molecule has 0 spiro atoms. The minimum Gasteiger partial charge on any atom is -0.478 e. The number of aromatic nitrogens is 1. The van der Waals surface area contributed by atoms with Gasteiger partial charge < -0.3 is 24.4 Å². The number of hydrogen-bond acceptors (Lipinski definition) is 4. The molecule has 212 valence electrons. The van der Waals surface area contributed by atoms with Crippen molar-refractivity contribution in [3.05, 3.63) is 53.6 Å². The number of rotatable bonds is 4. The van der Waals surface area contributed by atoms with Crippen LogP contribution in [0, 0.1) is 0 Å². The molecule has 0 atom stereocenters. The lowest BCUT2D eigenvalue weighted by molar-refractivity contribution is -0.137. The van der Waals surface area contributed by atoms with Crippen LogP contribution in [0.2, 0.25) is 0 Å². The van der Waals surface area contributed by atoms with Gasteiger partial charge in [0.2, 0.25) is 11.8 Å². The zero-order valence-corrected chi connectivity index (χ0v) is 23.8. The van der Waals surface area contributed by atoms with E-state index in [1.54, 1.807) is 17.9 Å². The Kier molecular flexibility index (Phi) is 8.08. The van der Waals surface area contributed by atoms with Crippen molar-refractivity contribution in [2.75, 3.05) is 44.2 Å². The third kappa shape index (κ3) is 5.05. The number of amides is 2. The van der Waals surface area contributed by atoms with E-state index in [4.69, 9.17) is 0 Å². The highest BCUT2D eigenvalue weighted by molar-refractivity contribution is 6.00. The summed E-state index contributed by atoms with van der Waals surface area (Å²) in [5.74, 6) is -0.354. The number of hydrogen-bond donors (Lipinski definition) is 1. The van der Waals surface area contributed by atoms with Crippen LogP contribution < -0.4 is 4.90 Å². The summed E-state index contributed by atoms with van der Waals surface area (Å²) < 4.78 is 2.31. The van der Waals surface area contributed by atoms with E-state index in [-0.39, 0.29) is 30.8 Å². The van der Waals surface area contributed by atoms with E-state index >= 15 is 0 Å². The van der Waals surface area contributed by atoms with Crippen LogP contribution in [-0.4, -0.2) is 76.5 Å². The normalized spacial score (nSPS) is 17.6. The van der Waals surface area contributed by atoms with Gasteiger partial charge in [-0.2, -0.15) is 0 Å². The molecule has 2 aliphatic heterocycles. The van der Waals surface area contributed by atoms with Crippen LogP contribution in [0.25, 0.3) is 22.2 Å². The topological polar surface area (TPSA) is 86.1 Å². The zero-order valence-electron chi connectivity index (χ0n) is 23.0. The number of halogens is 1. The molecular formula is C31H37ClN4O4. The molecule has 1 N–H and O–H groups in total. The van der Waals surface area contributed by atoms with Crippen LogP contribution in [-0.2, 0) is 16.1 Å². The molecule has 9 heteroatoms. The second-order valence-electron chi connectivity index (χ2n) is 11.1. The molecule has 1 aromatic heterocycles. The molecule has 3 aliphatic rings. The third-order valence-electron chi connectivity index (χ3n) is 8.86. The van der Waals surface area contributed by atoms with Crippen LogP contribution in [0.4, 0.5) is 5.69 Å². The van der Waals surface area contributed by atoms with Gasteiger partial charge in [-0.3, -0.25) is 9.59 Å². The number of aromatic carboxylic acids is 1. The fourth-order valence-electron chi connectivity index (χ4n) is 6.83. The molecule has 2 aromatic carbocycles. The number of anilines is 1. The maximum absolute atomic E-state index is 13.4. The first kappa shape index (κ1) is 28.0. The SMILES string of the molecule is CC(=O)N1CCN(C(=O)CN2CCn3c(c(C4CCCCC4)c4ccc(C(=O)O)cc43)-c3ccccc32)CC1.Cl. The first-order valence-electron chi connectivity index (χ1n) is 14.2. The summed E-state index contributed by atoms with van der Waals surface area (Å²) in [5.41, 5.74) is 5.94. The Labute approximate surface area is 240 Å². The standard InChI is InChI=1S/C31H36N4O4.ClH/c1-21(36)32-13-15-33(16-14-32)28(37)20-34-17-18-35-27-19-23(31(38)39)11-12-24(27)29(22-7-3-2-4-8-22)30(35)25-9-5-6-10-26(25)34;/h5-6,9-12,19,22H,2-4,7-8,13-18,20H2,1H3,(H,38,39);1H. The summed E-state index contributed by atoms with van der Waals surface area (Å²) in [6.45, 7) is 5.43. The summed E-state index contributed by atoms with van der Waals surface area (Å²) >= 11 is 0. The van der Waals surface area contributed by atoms with Crippen molar-refractivity contribution in [3.63, 3.8) is 0 Å². The van der Waals surface area contributed by atoms with E-state index in [2.05, 4.69) is 27.7 Å². The number of carboxylic acids is 1. The highest BCUT2D eigenvalue weighted by atomic mass is 35.5. The lowest BCUT2D eigenvalue weighted by Crippen LogP contribution is -2.52. The van der Waals surface area contributed by atoms with Gasteiger partial charge in [-0.1, -0.05) is 43.5 Å². The van der Waals surface area contributed by atoms with Gasteiger partial charge in [-0.15, -0.1) is 12.4 Å². The van der Waals surface area contributed by atoms with Gasteiger partial charge in [0, 0.05) is 68.3 Å². The Morgan fingerprint density at radius 2 is 1.57 bits per heavy atom. The van der Waals surface area contributed by atoms with Gasteiger partial charge in [-0.25, -0.2) is 4.79 Å². The largest absolute Gasteiger partial charge is 0.478 e. The molecule has 0 radical (unpaired) electrons. The van der Waals surface area contributed by atoms with Crippen molar-refractivity contribution in [1.82, 2.24) is 14.4 Å². The fourth-order valence-corrected chi connectivity index (χ4v) is 6.83. The Bertz CT molecular complexity index is 1440. The van der Waals surface area contributed by atoms with E-state index in [1.165, 1.54) is 30.5 Å². The lowest BCUT2D eigenvalue weighted by atomic mass is 9.81. The molecule has 1 saturated carbocycles.